The van der Waals surface area contributed by atoms with Gasteiger partial charge in [0.05, 0.1) is 0 Å². The Bertz CT molecular complexity index is 604. The summed E-state index contributed by atoms with van der Waals surface area (Å²) >= 11 is 0. The van der Waals surface area contributed by atoms with Crippen LogP contribution in [0.1, 0.15) is 63.5 Å². The molecule has 0 unspecified atom stereocenters. The number of benzene rings is 2. The molecule has 124 valence electrons. The molecule has 1 aliphatic rings. The van der Waals surface area contributed by atoms with Gasteiger partial charge in [-0.2, -0.15) is 0 Å². The molecule has 0 atom stereocenters. The predicted octanol–water partition coefficient (Wildman–Crippen LogP) is 7.12. The SMILES string of the molecule is CC.Cc1ccc(-c2ccc(C3CCC(C)CC3)cc2)cc1F. The summed E-state index contributed by atoms with van der Waals surface area (Å²) in [7, 11) is 0. The quantitative estimate of drug-likeness (QED) is 0.553. The van der Waals surface area contributed by atoms with Crippen molar-refractivity contribution in [1.29, 1.82) is 0 Å². The van der Waals surface area contributed by atoms with Gasteiger partial charge in [0.15, 0.2) is 0 Å². The zero-order chi connectivity index (χ0) is 16.8. The fraction of sp³-hybridized carbons (Fsp3) is 0.455. The molecule has 0 bridgehead atoms. The largest absolute Gasteiger partial charge is 0.207 e. The molecule has 1 heteroatoms. The second-order valence-electron chi connectivity index (χ2n) is 6.54. The average Bonchev–Trinajstić information content (AvgIpc) is 2.60. The number of halogens is 1. The standard InChI is InChI=1S/C20H23F.C2H6/c1-14-3-6-16(7-4-14)17-9-11-18(12-10-17)19-8-5-15(2)20(21)13-19;1-2/h5,8-14,16H,3-4,6-7H2,1-2H3;1-2H3. The zero-order valence-electron chi connectivity index (χ0n) is 14.9. The van der Waals surface area contributed by atoms with Crippen molar-refractivity contribution in [1.82, 2.24) is 0 Å². The van der Waals surface area contributed by atoms with E-state index in [1.165, 1.54) is 31.2 Å². The van der Waals surface area contributed by atoms with Crippen LogP contribution in [0, 0.1) is 18.7 Å². The molecule has 0 heterocycles. The lowest BCUT2D eigenvalue weighted by molar-refractivity contribution is 0.348. The van der Waals surface area contributed by atoms with E-state index in [4.69, 9.17) is 0 Å². The second kappa shape index (κ2) is 8.29. The van der Waals surface area contributed by atoms with E-state index in [1.54, 1.807) is 13.0 Å². The summed E-state index contributed by atoms with van der Waals surface area (Å²) in [4.78, 5) is 0. The third-order valence-electron chi connectivity index (χ3n) is 4.90. The van der Waals surface area contributed by atoms with Crippen molar-refractivity contribution < 1.29 is 4.39 Å². The maximum atomic E-state index is 13.7. The van der Waals surface area contributed by atoms with Crippen LogP contribution >= 0.6 is 0 Å². The summed E-state index contributed by atoms with van der Waals surface area (Å²) in [6, 6.07) is 14.2. The van der Waals surface area contributed by atoms with E-state index in [2.05, 4.69) is 31.2 Å². The lowest BCUT2D eigenvalue weighted by atomic mass is 9.79. The maximum Gasteiger partial charge on any atom is 0.126 e. The smallest absolute Gasteiger partial charge is 0.126 e. The highest BCUT2D eigenvalue weighted by molar-refractivity contribution is 5.64. The Labute approximate surface area is 140 Å². The molecule has 0 nitrogen and oxygen atoms in total. The van der Waals surface area contributed by atoms with E-state index in [1.807, 2.05) is 26.0 Å². The topological polar surface area (TPSA) is 0 Å². The molecule has 3 rings (SSSR count). The summed E-state index contributed by atoms with van der Waals surface area (Å²) in [6.07, 6.45) is 5.30. The van der Waals surface area contributed by atoms with Gasteiger partial charge < -0.3 is 0 Å². The lowest BCUT2D eigenvalue weighted by Gasteiger charge is -2.26. The first-order valence-corrected chi connectivity index (χ1v) is 9.00. The molecule has 0 aromatic heterocycles. The Balaban J connectivity index is 0.000000924. The number of hydrogen-bond donors (Lipinski definition) is 0. The van der Waals surface area contributed by atoms with Crippen LogP contribution in [0.2, 0.25) is 0 Å². The first-order chi connectivity index (χ1) is 11.1. The van der Waals surface area contributed by atoms with Gasteiger partial charge in [0.1, 0.15) is 5.82 Å². The first kappa shape index (κ1) is 17.7. The fourth-order valence-electron chi connectivity index (χ4n) is 3.31. The Morgan fingerprint density at radius 2 is 1.39 bits per heavy atom. The van der Waals surface area contributed by atoms with Crippen molar-refractivity contribution in [2.24, 2.45) is 5.92 Å². The minimum atomic E-state index is -0.127. The van der Waals surface area contributed by atoms with Gasteiger partial charge in [-0.05, 0) is 59.9 Å². The van der Waals surface area contributed by atoms with Crippen LogP contribution in [-0.2, 0) is 0 Å². The third-order valence-corrected chi connectivity index (χ3v) is 4.90. The third kappa shape index (κ3) is 4.43. The van der Waals surface area contributed by atoms with Crippen molar-refractivity contribution >= 4 is 0 Å². The van der Waals surface area contributed by atoms with Gasteiger partial charge in [0.25, 0.3) is 0 Å². The Morgan fingerprint density at radius 3 is 1.96 bits per heavy atom. The molecular formula is C22H29F. The number of rotatable bonds is 2. The zero-order valence-corrected chi connectivity index (χ0v) is 14.9. The number of hydrogen-bond acceptors (Lipinski definition) is 0. The molecule has 0 amide bonds. The summed E-state index contributed by atoms with van der Waals surface area (Å²) < 4.78 is 13.7. The van der Waals surface area contributed by atoms with E-state index in [0.29, 0.717) is 11.5 Å². The van der Waals surface area contributed by atoms with Crippen molar-refractivity contribution in [2.45, 2.75) is 59.3 Å². The van der Waals surface area contributed by atoms with Gasteiger partial charge in [-0.3, -0.25) is 0 Å². The molecule has 0 N–H and O–H groups in total. The Hall–Kier alpha value is -1.63. The van der Waals surface area contributed by atoms with E-state index in [0.717, 1.165) is 17.0 Å². The Kier molecular flexibility index (Phi) is 6.38. The van der Waals surface area contributed by atoms with Crippen LogP contribution in [-0.4, -0.2) is 0 Å². The van der Waals surface area contributed by atoms with Crippen molar-refractivity contribution in [2.75, 3.05) is 0 Å². The second-order valence-corrected chi connectivity index (χ2v) is 6.54. The van der Waals surface area contributed by atoms with Crippen LogP contribution in [0.3, 0.4) is 0 Å². The molecule has 23 heavy (non-hydrogen) atoms. The van der Waals surface area contributed by atoms with E-state index in [9.17, 15) is 4.39 Å². The molecule has 2 aromatic carbocycles. The molecule has 1 aliphatic carbocycles. The van der Waals surface area contributed by atoms with Crippen LogP contribution in [0.5, 0.6) is 0 Å². The van der Waals surface area contributed by atoms with E-state index >= 15 is 0 Å². The number of aryl methyl sites for hydroxylation is 1. The molecule has 0 saturated heterocycles. The van der Waals surface area contributed by atoms with E-state index in [-0.39, 0.29) is 5.82 Å². The highest BCUT2D eigenvalue weighted by Crippen LogP contribution is 2.36. The van der Waals surface area contributed by atoms with Crippen LogP contribution in [0.25, 0.3) is 11.1 Å². The summed E-state index contributed by atoms with van der Waals surface area (Å²) in [5.74, 6) is 1.47. The normalized spacial score (nSPS) is 20.6. The van der Waals surface area contributed by atoms with Crippen LogP contribution < -0.4 is 0 Å². The highest BCUT2D eigenvalue weighted by atomic mass is 19.1. The minimum absolute atomic E-state index is 0.127. The first-order valence-electron chi connectivity index (χ1n) is 9.00. The van der Waals surface area contributed by atoms with Gasteiger partial charge >= 0.3 is 0 Å². The van der Waals surface area contributed by atoms with E-state index < -0.39 is 0 Å². The summed E-state index contributed by atoms with van der Waals surface area (Å²) in [5.41, 5.74) is 4.20. The molecule has 1 fully saturated rings. The van der Waals surface area contributed by atoms with Crippen molar-refractivity contribution in [3.8, 4) is 11.1 Å². The molecular weight excluding hydrogens is 283 g/mol. The van der Waals surface area contributed by atoms with Crippen molar-refractivity contribution in [3.05, 3.63) is 59.4 Å². The van der Waals surface area contributed by atoms with Gasteiger partial charge in [0, 0.05) is 0 Å². The van der Waals surface area contributed by atoms with Crippen molar-refractivity contribution in [3.63, 3.8) is 0 Å². The molecule has 1 saturated carbocycles. The molecule has 0 spiro atoms. The predicted molar refractivity (Wildman–Crippen MR) is 98.3 cm³/mol. The van der Waals surface area contributed by atoms with Gasteiger partial charge in [-0.1, -0.05) is 70.0 Å². The maximum absolute atomic E-state index is 13.7. The lowest BCUT2D eigenvalue weighted by Crippen LogP contribution is -2.10. The fourth-order valence-corrected chi connectivity index (χ4v) is 3.31. The van der Waals surface area contributed by atoms with Crippen LogP contribution in [0.4, 0.5) is 4.39 Å². The molecule has 0 aliphatic heterocycles. The summed E-state index contributed by atoms with van der Waals surface area (Å²) in [6.45, 7) is 8.15. The minimum Gasteiger partial charge on any atom is -0.207 e. The molecule has 0 radical (unpaired) electrons. The monoisotopic (exact) mass is 312 g/mol. The van der Waals surface area contributed by atoms with Gasteiger partial charge in [-0.15, -0.1) is 0 Å². The van der Waals surface area contributed by atoms with Crippen LogP contribution in [0.15, 0.2) is 42.5 Å². The average molecular weight is 312 g/mol. The van der Waals surface area contributed by atoms with Gasteiger partial charge in [0.2, 0.25) is 0 Å². The Morgan fingerprint density at radius 1 is 0.826 bits per heavy atom. The summed E-state index contributed by atoms with van der Waals surface area (Å²) in [5, 5.41) is 0. The van der Waals surface area contributed by atoms with Gasteiger partial charge in [-0.25, -0.2) is 4.39 Å². The highest BCUT2D eigenvalue weighted by Gasteiger charge is 2.19. The molecule has 2 aromatic rings.